The minimum atomic E-state index is -1.80. The van der Waals surface area contributed by atoms with Gasteiger partial charge < -0.3 is 40.7 Å². The third-order valence-corrected chi connectivity index (χ3v) is 8.79. The van der Waals surface area contributed by atoms with Gasteiger partial charge in [-0.2, -0.15) is 0 Å². The minimum absolute atomic E-state index is 0.0385. The zero-order valence-corrected chi connectivity index (χ0v) is 30.1. The van der Waals surface area contributed by atoms with Gasteiger partial charge in [-0.3, -0.25) is 14.9 Å². The van der Waals surface area contributed by atoms with Crippen LogP contribution in [-0.2, 0) is 28.7 Å². The number of benzene rings is 2. The summed E-state index contributed by atoms with van der Waals surface area (Å²) in [4.78, 5) is 71.5. The standard InChI is InChI=1S/C35H41N7O9S/c1-34(2,3)50-33(48)41-31-39-25(18-52-31)27(42-51-35(4,5)30(45)46)29(44)40-26-24(38-28(26)43)16-36-14-15-37-32(47)49-17-23-21-12-8-6-10-19(21)20-11-7-9-13-22(20)23/h6-13,18,23-24,26,36H,14-17H2,1-5H3,(H,37,47)(H,38,43)(H,40,44)(H,45,46)(H,39,41,48)/b42-27-/t24-,26?/m0/s1. The van der Waals surface area contributed by atoms with Crippen molar-refractivity contribution in [3.8, 4) is 11.1 Å². The van der Waals surface area contributed by atoms with Crippen LogP contribution in [0.3, 0.4) is 0 Å². The molecule has 3 aromatic rings. The summed E-state index contributed by atoms with van der Waals surface area (Å²) in [6.07, 6.45) is -1.33. The SMILES string of the molecule is CC(C)(C)OC(=O)Nc1nc(/C(=N/OC(C)(C)C(=O)O)C(=O)NC2C(=O)N[C@H]2CNCCNC(=O)OCC2c3ccccc3-c3ccccc32)cs1. The Balaban J connectivity index is 1.11. The molecular weight excluding hydrogens is 694 g/mol. The largest absolute Gasteiger partial charge is 0.478 e. The molecule has 1 saturated heterocycles. The van der Waals surface area contributed by atoms with Crippen LogP contribution in [-0.4, -0.2) is 95.3 Å². The zero-order valence-electron chi connectivity index (χ0n) is 29.3. The maximum absolute atomic E-state index is 13.4. The van der Waals surface area contributed by atoms with Gasteiger partial charge in [0.15, 0.2) is 10.8 Å². The number of oxime groups is 1. The fourth-order valence-electron chi connectivity index (χ4n) is 5.38. The Hall–Kier alpha value is -5.55. The number of β-lactam (4-membered cyclic amide) rings is 1. The van der Waals surface area contributed by atoms with Crippen molar-refractivity contribution in [1.29, 1.82) is 0 Å². The number of rotatable bonds is 14. The van der Waals surface area contributed by atoms with Gasteiger partial charge in [0, 0.05) is 30.9 Å². The molecule has 17 heteroatoms. The van der Waals surface area contributed by atoms with Crippen molar-refractivity contribution in [2.24, 2.45) is 5.16 Å². The van der Waals surface area contributed by atoms with Crippen LogP contribution >= 0.6 is 11.3 Å². The number of aromatic nitrogens is 1. The number of nitrogens with zero attached hydrogens (tertiary/aromatic N) is 2. The van der Waals surface area contributed by atoms with Crippen molar-refractivity contribution >= 4 is 52.2 Å². The summed E-state index contributed by atoms with van der Waals surface area (Å²) in [7, 11) is 0. The van der Waals surface area contributed by atoms with Crippen LogP contribution in [0.4, 0.5) is 14.7 Å². The molecule has 1 fully saturated rings. The number of fused-ring (bicyclic) bond motifs is 3. The highest BCUT2D eigenvalue weighted by Crippen LogP contribution is 2.44. The van der Waals surface area contributed by atoms with Crippen LogP contribution < -0.4 is 26.6 Å². The van der Waals surface area contributed by atoms with Gasteiger partial charge in [0.2, 0.25) is 11.5 Å². The quantitative estimate of drug-likeness (QED) is 0.0611. The Morgan fingerprint density at radius 3 is 2.23 bits per heavy atom. The molecule has 1 aromatic heterocycles. The van der Waals surface area contributed by atoms with E-state index in [2.05, 4.69) is 48.9 Å². The lowest BCUT2D eigenvalue weighted by Gasteiger charge is -2.37. The number of ether oxygens (including phenoxy) is 2. The third kappa shape index (κ3) is 9.21. The number of amides is 4. The van der Waals surface area contributed by atoms with Crippen LogP contribution in [0.1, 0.15) is 57.4 Å². The molecule has 4 amide bonds. The molecule has 0 saturated carbocycles. The molecule has 0 bridgehead atoms. The second kappa shape index (κ2) is 15.8. The molecule has 1 unspecified atom stereocenters. The molecular formula is C35H41N7O9S. The monoisotopic (exact) mass is 735 g/mol. The topological polar surface area (TPSA) is 219 Å². The summed E-state index contributed by atoms with van der Waals surface area (Å²) in [5.74, 6) is -2.71. The number of carboxylic acids is 1. The average molecular weight is 736 g/mol. The van der Waals surface area contributed by atoms with E-state index in [4.69, 9.17) is 14.3 Å². The number of nitrogens with one attached hydrogen (secondary N) is 5. The highest BCUT2D eigenvalue weighted by Gasteiger charge is 2.41. The highest BCUT2D eigenvalue weighted by atomic mass is 32.1. The van der Waals surface area contributed by atoms with Crippen molar-refractivity contribution in [3.05, 3.63) is 70.7 Å². The number of hydrogen-bond donors (Lipinski definition) is 6. The van der Waals surface area contributed by atoms with Crippen LogP contribution in [0.25, 0.3) is 11.1 Å². The third-order valence-electron chi connectivity index (χ3n) is 8.03. The number of carbonyl (C=O) groups is 5. The number of alkyl carbamates (subject to hydrolysis) is 1. The maximum atomic E-state index is 13.4. The Morgan fingerprint density at radius 2 is 1.62 bits per heavy atom. The first-order valence-corrected chi connectivity index (χ1v) is 17.4. The number of carbonyl (C=O) groups excluding carboxylic acids is 4. The molecule has 0 spiro atoms. The van der Waals surface area contributed by atoms with Gasteiger partial charge in [-0.25, -0.2) is 19.4 Å². The molecule has 2 aliphatic rings. The number of aliphatic carboxylic acids is 1. The zero-order chi connectivity index (χ0) is 37.6. The second-order valence-electron chi connectivity index (χ2n) is 13.5. The number of hydrogen-bond acceptors (Lipinski definition) is 12. The summed E-state index contributed by atoms with van der Waals surface area (Å²) in [6.45, 7) is 8.59. The van der Waals surface area contributed by atoms with Crippen molar-refractivity contribution < 1.29 is 43.4 Å². The molecule has 5 rings (SSSR count). The molecule has 1 aliphatic carbocycles. The molecule has 16 nitrogen and oxygen atoms in total. The first kappa shape index (κ1) is 37.7. The van der Waals surface area contributed by atoms with Crippen LogP contribution in [0.2, 0.25) is 0 Å². The van der Waals surface area contributed by atoms with Gasteiger partial charge in [-0.05, 0) is 56.9 Å². The predicted molar refractivity (Wildman–Crippen MR) is 191 cm³/mol. The smallest absolute Gasteiger partial charge is 0.413 e. The lowest BCUT2D eigenvalue weighted by molar-refractivity contribution is -0.161. The van der Waals surface area contributed by atoms with Crippen molar-refractivity contribution in [2.45, 2.75) is 63.8 Å². The van der Waals surface area contributed by atoms with Gasteiger partial charge in [0.25, 0.3) is 5.91 Å². The Labute approximate surface area is 303 Å². The Bertz CT molecular complexity index is 1820. The molecule has 2 aromatic carbocycles. The Kier molecular flexibility index (Phi) is 11.4. The number of anilines is 1. The number of thiazole rings is 1. The molecule has 52 heavy (non-hydrogen) atoms. The summed E-state index contributed by atoms with van der Waals surface area (Å²) in [5, 5.41) is 28.3. The van der Waals surface area contributed by atoms with Crippen LogP contribution in [0.15, 0.2) is 59.1 Å². The van der Waals surface area contributed by atoms with Crippen LogP contribution in [0, 0.1) is 0 Å². The van der Waals surface area contributed by atoms with Crippen LogP contribution in [0.5, 0.6) is 0 Å². The second-order valence-corrected chi connectivity index (χ2v) is 14.4. The van der Waals surface area contributed by atoms with Crippen molar-refractivity contribution in [2.75, 3.05) is 31.6 Å². The van der Waals surface area contributed by atoms with E-state index in [9.17, 15) is 29.1 Å². The summed E-state index contributed by atoms with van der Waals surface area (Å²) in [5.41, 5.74) is 1.49. The fraction of sp³-hybridized carbons (Fsp3) is 0.400. The van der Waals surface area contributed by atoms with E-state index < -0.39 is 59.0 Å². The summed E-state index contributed by atoms with van der Waals surface area (Å²) < 4.78 is 10.8. The normalized spacial score (nSPS) is 16.8. The average Bonchev–Trinajstić information content (AvgIpc) is 3.66. The molecule has 0 radical (unpaired) electrons. The van der Waals surface area contributed by atoms with Crippen molar-refractivity contribution in [3.63, 3.8) is 0 Å². The van der Waals surface area contributed by atoms with E-state index in [-0.39, 0.29) is 36.4 Å². The Morgan fingerprint density at radius 1 is 0.962 bits per heavy atom. The van der Waals surface area contributed by atoms with E-state index in [0.29, 0.717) is 6.54 Å². The lowest BCUT2D eigenvalue weighted by Crippen LogP contribution is -2.72. The maximum Gasteiger partial charge on any atom is 0.413 e. The van der Waals surface area contributed by atoms with Gasteiger partial charge in [0.05, 0.1) is 6.04 Å². The first-order chi connectivity index (χ1) is 24.6. The van der Waals surface area contributed by atoms with Gasteiger partial charge in [0.1, 0.15) is 23.9 Å². The lowest BCUT2D eigenvalue weighted by atomic mass is 9.98. The highest BCUT2D eigenvalue weighted by molar-refractivity contribution is 7.14. The molecule has 1 aliphatic heterocycles. The van der Waals surface area contributed by atoms with Crippen molar-refractivity contribution in [1.82, 2.24) is 26.3 Å². The first-order valence-electron chi connectivity index (χ1n) is 16.5. The molecule has 276 valence electrons. The summed E-state index contributed by atoms with van der Waals surface area (Å²) in [6, 6.07) is 14.7. The van der Waals surface area contributed by atoms with E-state index in [0.717, 1.165) is 33.6 Å². The van der Waals surface area contributed by atoms with E-state index >= 15 is 0 Å². The number of carboxylic acid groups (broad SMARTS) is 1. The molecule has 6 N–H and O–H groups in total. The van der Waals surface area contributed by atoms with Gasteiger partial charge in [-0.15, -0.1) is 11.3 Å². The molecule has 2 atom stereocenters. The predicted octanol–water partition coefficient (Wildman–Crippen LogP) is 3.19. The van der Waals surface area contributed by atoms with E-state index in [1.54, 1.807) is 20.8 Å². The van der Waals surface area contributed by atoms with E-state index in [1.807, 2.05) is 36.4 Å². The van der Waals surface area contributed by atoms with Gasteiger partial charge in [-0.1, -0.05) is 53.7 Å². The fourth-order valence-corrected chi connectivity index (χ4v) is 6.06. The van der Waals surface area contributed by atoms with E-state index in [1.165, 1.54) is 19.2 Å². The molecule has 2 heterocycles. The summed E-state index contributed by atoms with van der Waals surface area (Å²) >= 11 is 0.967. The minimum Gasteiger partial charge on any atom is -0.478 e. The van der Waals surface area contributed by atoms with Gasteiger partial charge >= 0.3 is 18.2 Å².